The summed E-state index contributed by atoms with van der Waals surface area (Å²) in [5, 5.41) is 19.9. The Morgan fingerprint density at radius 1 is 1.26 bits per heavy atom. The Labute approximate surface area is 141 Å². The molecule has 3 aliphatic rings. The summed E-state index contributed by atoms with van der Waals surface area (Å²) in [6, 6.07) is 0. The zero-order chi connectivity index (χ0) is 16.6. The number of hydrogen-bond acceptors (Lipinski definition) is 2. The smallest absolute Gasteiger partial charge is 0.0811 e. The molecule has 0 bridgehead atoms. The molecule has 0 aromatic rings. The molecule has 2 heteroatoms. The molecular formula is C21H32O2. The van der Waals surface area contributed by atoms with Crippen molar-refractivity contribution in [2.45, 2.75) is 77.4 Å². The van der Waals surface area contributed by atoms with Crippen LogP contribution in [0, 0.1) is 17.3 Å². The molecule has 0 spiro atoms. The lowest BCUT2D eigenvalue weighted by molar-refractivity contribution is 0.0862. The van der Waals surface area contributed by atoms with Crippen LogP contribution in [0.2, 0.25) is 0 Å². The third-order valence-electron chi connectivity index (χ3n) is 6.92. The van der Waals surface area contributed by atoms with Crippen molar-refractivity contribution >= 4 is 0 Å². The number of rotatable bonds is 2. The van der Waals surface area contributed by atoms with Gasteiger partial charge in [-0.25, -0.2) is 0 Å². The van der Waals surface area contributed by atoms with Crippen LogP contribution in [-0.2, 0) is 0 Å². The van der Waals surface area contributed by atoms with Crippen LogP contribution in [0.4, 0.5) is 0 Å². The zero-order valence-electron chi connectivity index (χ0n) is 14.7. The molecule has 0 aromatic carbocycles. The first-order valence-corrected chi connectivity index (χ1v) is 9.40. The SMILES string of the molecule is C=C1C(=CC=C2CCC[C@]3(C)[C@@H](CC)CC[C@@H]23)C[C@H](O)C[C@H]1O. The van der Waals surface area contributed by atoms with Crippen LogP contribution >= 0.6 is 0 Å². The maximum Gasteiger partial charge on any atom is 0.0811 e. The molecule has 3 aliphatic carbocycles. The summed E-state index contributed by atoms with van der Waals surface area (Å²) in [7, 11) is 0. The summed E-state index contributed by atoms with van der Waals surface area (Å²) in [6.07, 6.45) is 12.3. The van der Waals surface area contributed by atoms with E-state index in [-0.39, 0.29) is 0 Å². The minimum atomic E-state index is -0.587. The van der Waals surface area contributed by atoms with Crippen LogP contribution in [0.5, 0.6) is 0 Å². The van der Waals surface area contributed by atoms with E-state index in [2.05, 4.69) is 32.6 Å². The first-order valence-electron chi connectivity index (χ1n) is 9.40. The molecule has 128 valence electrons. The molecule has 3 rings (SSSR count). The normalized spacial score (nSPS) is 44.8. The highest BCUT2D eigenvalue weighted by Crippen LogP contribution is 2.58. The maximum atomic E-state index is 9.99. The lowest BCUT2D eigenvalue weighted by atomic mass is 9.63. The quantitative estimate of drug-likeness (QED) is 0.785. The van der Waals surface area contributed by atoms with E-state index in [9.17, 15) is 10.2 Å². The fourth-order valence-electron chi connectivity index (χ4n) is 5.48. The van der Waals surface area contributed by atoms with E-state index >= 15 is 0 Å². The first-order chi connectivity index (χ1) is 11.0. The minimum Gasteiger partial charge on any atom is -0.393 e. The molecule has 0 heterocycles. The predicted octanol–water partition coefficient (Wildman–Crippen LogP) is 4.54. The highest BCUT2D eigenvalue weighted by Gasteiger charge is 2.48. The van der Waals surface area contributed by atoms with Crippen LogP contribution in [-0.4, -0.2) is 22.4 Å². The molecule has 3 fully saturated rings. The van der Waals surface area contributed by atoms with E-state index < -0.39 is 12.2 Å². The van der Waals surface area contributed by atoms with Crippen molar-refractivity contribution in [3.05, 3.63) is 35.5 Å². The van der Waals surface area contributed by atoms with Gasteiger partial charge in [0.2, 0.25) is 0 Å². The van der Waals surface area contributed by atoms with Gasteiger partial charge in [-0.1, -0.05) is 44.6 Å². The van der Waals surface area contributed by atoms with Gasteiger partial charge in [-0.05, 0) is 66.9 Å². The van der Waals surface area contributed by atoms with Crippen molar-refractivity contribution in [1.29, 1.82) is 0 Å². The Hall–Kier alpha value is -0.860. The van der Waals surface area contributed by atoms with Gasteiger partial charge in [0.1, 0.15) is 0 Å². The third-order valence-corrected chi connectivity index (χ3v) is 6.92. The van der Waals surface area contributed by atoms with Gasteiger partial charge < -0.3 is 10.2 Å². The van der Waals surface area contributed by atoms with E-state index in [1.807, 2.05) is 0 Å². The Kier molecular flexibility index (Phi) is 4.85. The first kappa shape index (κ1) is 17.0. The molecule has 2 N–H and O–H groups in total. The average molecular weight is 316 g/mol. The topological polar surface area (TPSA) is 40.5 Å². The van der Waals surface area contributed by atoms with Gasteiger partial charge in [-0.15, -0.1) is 0 Å². The van der Waals surface area contributed by atoms with Gasteiger partial charge in [-0.2, -0.15) is 0 Å². The Bertz CT molecular complexity index is 530. The highest BCUT2D eigenvalue weighted by atomic mass is 16.3. The van der Waals surface area contributed by atoms with Crippen LogP contribution in [0.15, 0.2) is 35.5 Å². The van der Waals surface area contributed by atoms with Gasteiger partial charge in [-0.3, -0.25) is 0 Å². The molecule has 5 atom stereocenters. The monoisotopic (exact) mass is 316 g/mol. The van der Waals surface area contributed by atoms with Gasteiger partial charge in [0.25, 0.3) is 0 Å². The average Bonchev–Trinajstić information content (AvgIpc) is 2.86. The van der Waals surface area contributed by atoms with E-state index in [1.54, 1.807) is 5.57 Å². The summed E-state index contributed by atoms with van der Waals surface area (Å²) < 4.78 is 0. The standard InChI is InChI=1S/C21H32O2/c1-4-17-9-10-19-15(6-5-11-21(17,19)3)7-8-16-12-18(22)13-20(23)14(16)2/h7-8,17-20,22-23H,2,4-6,9-13H2,1,3H3/t17-,18-,19-,20+,21+/m0/s1. The molecular weight excluding hydrogens is 284 g/mol. The molecule has 23 heavy (non-hydrogen) atoms. The zero-order valence-corrected chi connectivity index (χ0v) is 14.7. The van der Waals surface area contributed by atoms with Crippen LogP contribution in [0.1, 0.15) is 65.2 Å². The van der Waals surface area contributed by atoms with Gasteiger partial charge >= 0.3 is 0 Å². The predicted molar refractivity (Wildman–Crippen MR) is 95.0 cm³/mol. The van der Waals surface area contributed by atoms with Crippen molar-refractivity contribution in [2.75, 3.05) is 0 Å². The molecule has 0 amide bonds. The number of fused-ring (bicyclic) bond motifs is 1. The Morgan fingerprint density at radius 3 is 2.78 bits per heavy atom. The van der Waals surface area contributed by atoms with Crippen molar-refractivity contribution < 1.29 is 10.2 Å². The molecule has 2 nitrogen and oxygen atoms in total. The second-order valence-corrected chi connectivity index (χ2v) is 8.16. The molecule has 0 aliphatic heterocycles. The molecule has 0 unspecified atom stereocenters. The Morgan fingerprint density at radius 2 is 2.04 bits per heavy atom. The van der Waals surface area contributed by atoms with Crippen LogP contribution in [0.25, 0.3) is 0 Å². The summed E-state index contributed by atoms with van der Waals surface area (Å²) in [4.78, 5) is 0. The van der Waals surface area contributed by atoms with Crippen LogP contribution in [0.3, 0.4) is 0 Å². The number of hydrogen-bond donors (Lipinski definition) is 2. The van der Waals surface area contributed by atoms with E-state index in [0.717, 1.165) is 23.0 Å². The van der Waals surface area contributed by atoms with Gasteiger partial charge in [0, 0.05) is 6.42 Å². The minimum absolute atomic E-state index is 0.422. The number of aliphatic hydroxyl groups excluding tert-OH is 2. The third kappa shape index (κ3) is 3.08. The summed E-state index contributed by atoms with van der Waals surface area (Å²) in [5.41, 5.74) is 3.90. The maximum absolute atomic E-state index is 9.99. The number of aliphatic hydroxyl groups is 2. The lowest BCUT2D eigenvalue weighted by Crippen LogP contribution is -2.33. The van der Waals surface area contributed by atoms with Crippen molar-refractivity contribution in [1.82, 2.24) is 0 Å². The van der Waals surface area contributed by atoms with Gasteiger partial charge in [0.15, 0.2) is 0 Å². The second kappa shape index (κ2) is 6.57. The van der Waals surface area contributed by atoms with Crippen molar-refractivity contribution in [2.24, 2.45) is 17.3 Å². The molecule has 0 radical (unpaired) electrons. The fourth-order valence-corrected chi connectivity index (χ4v) is 5.48. The van der Waals surface area contributed by atoms with E-state index in [1.165, 1.54) is 38.5 Å². The van der Waals surface area contributed by atoms with Crippen molar-refractivity contribution in [3.8, 4) is 0 Å². The molecule has 0 saturated heterocycles. The highest BCUT2D eigenvalue weighted by molar-refractivity contribution is 5.38. The molecule has 3 saturated carbocycles. The summed E-state index contributed by atoms with van der Waals surface area (Å²) >= 11 is 0. The lowest BCUT2D eigenvalue weighted by Gasteiger charge is -2.42. The van der Waals surface area contributed by atoms with Gasteiger partial charge in [0.05, 0.1) is 12.2 Å². The van der Waals surface area contributed by atoms with E-state index in [0.29, 0.717) is 18.3 Å². The summed E-state index contributed by atoms with van der Waals surface area (Å²) in [5.74, 6) is 1.60. The molecule has 0 aromatic heterocycles. The fraction of sp³-hybridized carbons (Fsp3) is 0.714. The van der Waals surface area contributed by atoms with E-state index in [4.69, 9.17) is 0 Å². The number of allylic oxidation sites excluding steroid dienone is 3. The summed E-state index contributed by atoms with van der Waals surface area (Å²) in [6.45, 7) is 8.87. The van der Waals surface area contributed by atoms with Crippen LogP contribution < -0.4 is 0 Å². The van der Waals surface area contributed by atoms with Crippen molar-refractivity contribution in [3.63, 3.8) is 0 Å². The largest absolute Gasteiger partial charge is 0.393 e. The second-order valence-electron chi connectivity index (χ2n) is 8.16. The Balaban J connectivity index is 1.82.